The summed E-state index contributed by atoms with van der Waals surface area (Å²) in [6.07, 6.45) is 5.03. The molecule has 1 aromatic carbocycles. The molecular formula is C25H27FN4O5S. The Hall–Kier alpha value is -3.28. The molecule has 0 amide bonds. The number of nitrogens with zero attached hydrogens (tertiary/aromatic N) is 3. The average molecular weight is 515 g/mol. The molecule has 4 heterocycles. The van der Waals surface area contributed by atoms with Crippen LogP contribution < -0.4 is 4.74 Å². The molecule has 0 aliphatic carbocycles. The molecule has 11 heteroatoms. The molecule has 0 bridgehead atoms. The van der Waals surface area contributed by atoms with Gasteiger partial charge in [0.1, 0.15) is 17.2 Å². The first-order valence-electron chi connectivity index (χ1n) is 11.8. The van der Waals surface area contributed by atoms with Crippen molar-refractivity contribution in [1.29, 1.82) is 0 Å². The first kappa shape index (κ1) is 24.4. The van der Waals surface area contributed by atoms with Gasteiger partial charge in [0.15, 0.2) is 0 Å². The highest BCUT2D eigenvalue weighted by Gasteiger charge is 2.36. The van der Waals surface area contributed by atoms with Crippen LogP contribution in [0.15, 0.2) is 42.6 Å². The normalized spacial score (nSPS) is 19.8. The van der Waals surface area contributed by atoms with Crippen LogP contribution in [0.1, 0.15) is 25.0 Å². The summed E-state index contributed by atoms with van der Waals surface area (Å²) in [5.74, 6) is -1.45. The highest BCUT2D eigenvalue weighted by atomic mass is 32.2. The SMILES string of the molecule is COc1ccc(F)cc1-c1ccnc2[nH]c(C3=CCN(S(=O)(=O)N4CCCC(C(=O)O)C4)CC3)cc12. The van der Waals surface area contributed by atoms with Crippen molar-refractivity contribution >= 4 is 32.8 Å². The number of aromatic amines is 1. The van der Waals surface area contributed by atoms with E-state index in [1.807, 2.05) is 18.2 Å². The molecule has 0 radical (unpaired) electrons. The molecule has 36 heavy (non-hydrogen) atoms. The van der Waals surface area contributed by atoms with E-state index in [0.29, 0.717) is 42.8 Å². The summed E-state index contributed by atoms with van der Waals surface area (Å²) in [4.78, 5) is 19.1. The second-order valence-electron chi connectivity index (χ2n) is 9.03. The number of benzene rings is 1. The lowest BCUT2D eigenvalue weighted by Crippen LogP contribution is -2.50. The number of pyridine rings is 1. The van der Waals surface area contributed by atoms with Crippen molar-refractivity contribution in [1.82, 2.24) is 18.6 Å². The molecule has 0 saturated carbocycles. The predicted molar refractivity (Wildman–Crippen MR) is 133 cm³/mol. The van der Waals surface area contributed by atoms with Gasteiger partial charge in [0.25, 0.3) is 10.2 Å². The van der Waals surface area contributed by atoms with Gasteiger partial charge in [0.05, 0.1) is 13.0 Å². The highest BCUT2D eigenvalue weighted by Crippen LogP contribution is 2.37. The van der Waals surface area contributed by atoms with E-state index in [-0.39, 0.29) is 25.5 Å². The number of halogens is 1. The predicted octanol–water partition coefficient (Wildman–Crippen LogP) is 3.51. The Balaban J connectivity index is 1.40. The Morgan fingerprint density at radius 3 is 2.75 bits per heavy atom. The lowest BCUT2D eigenvalue weighted by molar-refractivity contribution is -0.142. The van der Waals surface area contributed by atoms with Crippen LogP contribution in [0.2, 0.25) is 0 Å². The van der Waals surface area contributed by atoms with Gasteiger partial charge in [0.2, 0.25) is 0 Å². The molecule has 1 saturated heterocycles. The Kier molecular flexibility index (Phi) is 6.54. The number of hydrogen-bond acceptors (Lipinski definition) is 5. The van der Waals surface area contributed by atoms with Crippen molar-refractivity contribution in [3.8, 4) is 16.9 Å². The lowest BCUT2D eigenvalue weighted by atomic mass is 10.0. The van der Waals surface area contributed by atoms with E-state index >= 15 is 0 Å². The third-order valence-electron chi connectivity index (χ3n) is 6.89. The second kappa shape index (κ2) is 9.64. The van der Waals surface area contributed by atoms with Crippen molar-refractivity contribution in [3.05, 3.63) is 54.1 Å². The number of fused-ring (bicyclic) bond motifs is 1. The molecule has 1 fully saturated rings. The molecule has 2 N–H and O–H groups in total. The van der Waals surface area contributed by atoms with Crippen LogP contribution in [0.5, 0.6) is 5.75 Å². The zero-order chi connectivity index (χ0) is 25.4. The first-order chi connectivity index (χ1) is 17.3. The second-order valence-corrected chi connectivity index (χ2v) is 11.0. The Morgan fingerprint density at radius 1 is 1.19 bits per heavy atom. The fraction of sp³-hybridized carbons (Fsp3) is 0.360. The lowest BCUT2D eigenvalue weighted by Gasteiger charge is -2.35. The Morgan fingerprint density at radius 2 is 2.03 bits per heavy atom. The zero-order valence-corrected chi connectivity index (χ0v) is 20.6. The van der Waals surface area contributed by atoms with Gasteiger partial charge in [-0.2, -0.15) is 17.0 Å². The molecule has 1 atom stereocenters. The van der Waals surface area contributed by atoms with Crippen molar-refractivity contribution in [2.75, 3.05) is 33.3 Å². The average Bonchev–Trinajstić information content (AvgIpc) is 3.33. The summed E-state index contributed by atoms with van der Waals surface area (Å²) in [5.41, 5.74) is 3.81. The number of carboxylic acid groups (broad SMARTS) is 1. The molecule has 1 unspecified atom stereocenters. The molecular weight excluding hydrogens is 487 g/mol. The van der Waals surface area contributed by atoms with Gasteiger partial charge in [-0.25, -0.2) is 9.37 Å². The number of aliphatic carboxylic acids is 1. The topological polar surface area (TPSA) is 116 Å². The van der Waals surface area contributed by atoms with Crippen molar-refractivity contribution in [2.45, 2.75) is 19.3 Å². The number of carbonyl (C=O) groups is 1. The van der Waals surface area contributed by atoms with E-state index < -0.39 is 22.1 Å². The van der Waals surface area contributed by atoms with E-state index in [4.69, 9.17) is 4.74 Å². The highest BCUT2D eigenvalue weighted by molar-refractivity contribution is 7.86. The van der Waals surface area contributed by atoms with Gasteiger partial charge in [0, 0.05) is 49.0 Å². The maximum atomic E-state index is 14.0. The van der Waals surface area contributed by atoms with Crippen molar-refractivity contribution in [2.24, 2.45) is 5.92 Å². The van der Waals surface area contributed by atoms with Crippen LogP contribution in [0.3, 0.4) is 0 Å². The molecule has 3 aromatic rings. The monoisotopic (exact) mass is 514 g/mol. The summed E-state index contributed by atoms with van der Waals surface area (Å²) in [5, 5.41) is 10.1. The molecule has 2 aliphatic rings. The van der Waals surface area contributed by atoms with Crippen LogP contribution in [-0.4, -0.2) is 71.4 Å². The third kappa shape index (κ3) is 4.49. The van der Waals surface area contributed by atoms with Gasteiger partial charge < -0.3 is 14.8 Å². The minimum atomic E-state index is -3.75. The van der Waals surface area contributed by atoms with E-state index in [1.165, 1.54) is 27.9 Å². The van der Waals surface area contributed by atoms with Crippen LogP contribution in [0.25, 0.3) is 27.7 Å². The number of ether oxygens (including phenoxy) is 1. The maximum Gasteiger partial charge on any atom is 0.307 e. The Labute approximate surface area is 208 Å². The first-order valence-corrected chi connectivity index (χ1v) is 13.2. The molecule has 2 aliphatic heterocycles. The summed E-state index contributed by atoms with van der Waals surface area (Å²) in [6, 6.07) is 8.12. The van der Waals surface area contributed by atoms with E-state index in [9.17, 15) is 22.7 Å². The van der Waals surface area contributed by atoms with Crippen LogP contribution in [0.4, 0.5) is 4.39 Å². The molecule has 9 nitrogen and oxygen atoms in total. The number of nitrogens with one attached hydrogen (secondary N) is 1. The van der Waals surface area contributed by atoms with Crippen LogP contribution in [0, 0.1) is 11.7 Å². The molecule has 190 valence electrons. The summed E-state index contributed by atoms with van der Waals surface area (Å²) in [6.45, 7) is 0.818. The van der Waals surface area contributed by atoms with Crippen molar-refractivity contribution in [3.63, 3.8) is 0 Å². The van der Waals surface area contributed by atoms with Gasteiger partial charge in [-0.15, -0.1) is 0 Å². The van der Waals surface area contributed by atoms with E-state index in [2.05, 4.69) is 9.97 Å². The fourth-order valence-electron chi connectivity index (χ4n) is 4.95. The summed E-state index contributed by atoms with van der Waals surface area (Å²) < 4.78 is 48.4. The van der Waals surface area contributed by atoms with Crippen LogP contribution in [-0.2, 0) is 15.0 Å². The molecule has 2 aromatic heterocycles. The number of rotatable bonds is 6. The summed E-state index contributed by atoms with van der Waals surface area (Å²) in [7, 11) is -2.21. The zero-order valence-electron chi connectivity index (χ0n) is 19.8. The van der Waals surface area contributed by atoms with Gasteiger partial charge in [-0.05, 0) is 60.7 Å². The van der Waals surface area contributed by atoms with E-state index in [0.717, 1.165) is 22.2 Å². The minimum absolute atomic E-state index is 0.00471. The maximum absolute atomic E-state index is 14.0. The minimum Gasteiger partial charge on any atom is -0.496 e. The standard InChI is InChI=1S/C25H27FN4O5S/c1-35-23-5-4-18(26)13-20(23)19-6-9-27-24-21(19)14-22(28-24)16-7-11-29(12-8-16)36(33,34)30-10-2-3-17(15-30)25(31)32/h4-7,9,13-14,17H,2-3,8,10-12,15H2,1H3,(H,27,28)(H,31,32). The van der Waals surface area contributed by atoms with Crippen LogP contribution >= 0.6 is 0 Å². The molecule has 0 spiro atoms. The largest absolute Gasteiger partial charge is 0.496 e. The number of aromatic nitrogens is 2. The number of piperidine rings is 1. The van der Waals surface area contributed by atoms with E-state index in [1.54, 1.807) is 12.3 Å². The number of carboxylic acids is 1. The quantitative estimate of drug-likeness (QED) is 0.520. The smallest absolute Gasteiger partial charge is 0.307 e. The summed E-state index contributed by atoms with van der Waals surface area (Å²) >= 11 is 0. The molecule has 5 rings (SSSR count). The van der Waals surface area contributed by atoms with Gasteiger partial charge in [-0.1, -0.05) is 6.08 Å². The Bertz CT molecular complexity index is 1450. The third-order valence-corrected chi connectivity index (χ3v) is 8.86. The van der Waals surface area contributed by atoms with Crippen molar-refractivity contribution < 1.29 is 27.4 Å². The fourth-order valence-corrected chi connectivity index (χ4v) is 6.59. The number of H-pyrrole nitrogens is 1. The van der Waals surface area contributed by atoms with Gasteiger partial charge in [-0.3, -0.25) is 4.79 Å². The number of hydrogen-bond donors (Lipinski definition) is 2. The number of methoxy groups -OCH3 is 1. The van der Waals surface area contributed by atoms with Gasteiger partial charge >= 0.3 is 5.97 Å².